The fourth-order valence-electron chi connectivity index (χ4n) is 1.88. The minimum Gasteiger partial charge on any atom is -0.354 e. The van der Waals surface area contributed by atoms with Gasteiger partial charge in [-0.2, -0.15) is 0 Å². The summed E-state index contributed by atoms with van der Waals surface area (Å²) in [5, 5.41) is 8.78. The zero-order valence-electron chi connectivity index (χ0n) is 11.7. The van der Waals surface area contributed by atoms with Crippen LogP contribution in [0, 0.1) is 16.7 Å². The summed E-state index contributed by atoms with van der Waals surface area (Å²) < 4.78 is 0. The first-order valence-corrected chi connectivity index (χ1v) is 6.35. The van der Waals surface area contributed by atoms with Crippen molar-refractivity contribution < 1.29 is 0 Å². The lowest BCUT2D eigenvalue weighted by atomic mass is 10.1. The molecule has 2 rings (SSSR count). The minimum atomic E-state index is 0.133. The Morgan fingerprint density at radius 1 is 1.00 bits per heavy atom. The van der Waals surface area contributed by atoms with Gasteiger partial charge in [0, 0.05) is 11.9 Å². The highest BCUT2D eigenvalue weighted by Crippen LogP contribution is 2.33. The SMILES string of the molecule is C/C=N\c1cc(Nc2ccc(N=O)cc2N=O)ccc1C. The third-order valence-corrected chi connectivity index (χ3v) is 2.94. The van der Waals surface area contributed by atoms with Crippen LogP contribution in [0.2, 0.25) is 0 Å². The van der Waals surface area contributed by atoms with Crippen LogP contribution < -0.4 is 5.32 Å². The fraction of sp³-hybridized carbons (Fsp3) is 0.133. The van der Waals surface area contributed by atoms with Crippen LogP contribution in [-0.4, -0.2) is 6.21 Å². The number of aryl methyl sites for hydroxylation is 1. The Morgan fingerprint density at radius 3 is 2.48 bits per heavy atom. The average molecular weight is 282 g/mol. The molecule has 106 valence electrons. The van der Waals surface area contributed by atoms with E-state index < -0.39 is 0 Å². The van der Waals surface area contributed by atoms with Gasteiger partial charge in [-0.25, -0.2) is 0 Å². The number of nitroso groups, excluding NO2 is 2. The van der Waals surface area contributed by atoms with Crippen molar-refractivity contribution in [3.8, 4) is 0 Å². The van der Waals surface area contributed by atoms with Gasteiger partial charge in [-0.05, 0) is 60.1 Å². The van der Waals surface area contributed by atoms with Crippen molar-refractivity contribution in [2.24, 2.45) is 15.3 Å². The van der Waals surface area contributed by atoms with Gasteiger partial charge in [0.1, 0.15) is 11.4 Å². The van der Waals surface area contributed by atoms with Gasteiger partial charge in [0.15, 0.2) is 0 Å². The molecule has 2 aromatic rings. The Morgan fingerprint density at radius 2 is 1.81 bits per heavy atom. The fourth-order valence-corrected chi connectivity index (χ4v) is 1.88. The van der Waals surface area contributed by atoms with E-state index in [0.717, 1.165) is 16.9 Å². The van der Waals surface area contributed by atoms with E-state index in [-0.39, 0.29) is 11.4 Å². The predicted octanol–water partition coefficient (Wildman–Crippen LogP) is 5.26. The van der Waals surface area contributed by atoms with Gasteiger partial charge >= 0.3 is 0 Å². The molecule has 1 N–H and O–H groups in total. The number of hydrogen-bond acceptors (Lipinski definition) is 6. The van der Waals surface area contributed by atoms with Crippen molar-refractivity contribution in [2.45, 2.75) is 13.8 Å². The lowest BCUT2D eigenvalue weighted by molar-refractivity contribution is 1.38. The second-order valence-corrected chi connectivity index (χ2v) is 4.40. The molecule has 0 saturated heterocycles. The van der Waals surface area contributed by atoms with E-state index in [4.69, 9.17) is 0 Å². The zero-order chi connectivity index (χ0) is 15.2. The molecule has 0 unspecified atom stereocenters. The first-order chi connectivity index (χ1) is 10.2. The number of hydrogen-bond donors (Lipinski definition) is 1. The number of rotatable bonds is 5. The van der Waals surface area contributed by atoms with Gasteiger partial charge in [0.05, 0.1) is 11.4 Å². The third kappa shape index (κ3) is 3.36. The van der Waals surface area contributed by atoms with Crippen LogP contribution in [0.15, 0.2) is 51.7 Å². The summed E-state index contributed by atoms with van der Waals surface area (Å²) in [6, 6.07) is 10.1. The van der Waals surface area contributed by atoms with E-state index >= 15 is 0 Å². The summed E-state index contributed by atoms with van der Waals surface area (Å²) >= 11 is 0. The number of aliphatic imine (C=N–C) groups is 1. The van der Waals surface area contributed by atoms with E-state index in [2.05, 4.69) is 20.7 Å². The summed E-state index contributed by atoms with van der Waals surface area (Å²) in [6.45, 7) is 3.81. The quantitative estimate of drug-likeness (QED) is 0.600. The zero-order valence-corrected chi connectivity index (χ0v) is 11.7. The van der Waals surface area contributed by atoms with Crippen molar-refractivity contribution in [1.29, 1.82) is 0 Å². The molecule has 0 radical (unpaired) electrons. The summed E-state index contributed by atoms with van der Waals surface area (Å²) in [6.07, 6.45) is 1.72. The van der Waals surface area contributed by atoms with Crippen molar-refractivity contribution in [2.75, 3.05) is 5.32 Å². The largest absolute Gasteiger partial charge is 0.354 e. The lowest BCUT2D eigenvalue weighted by Crippen LogP contribution is -1.91. The minimum absolute atomic E-state index is 0.133. The molecule has 0 saturated carbocycles. The highest BCUT2D eigenvalue weighted by Gasteiger charge is 2.06. The van der Waals surface area contributed by atoms with Gasteiger partial charge in [-0.3, -0.25) is 4.99 Å². The lowest BCUT2D eigenvalue weighted by Gasteiger charge is -2.10. The molecule has 6 nitrogen and oxygen atoms in total. The predicted molar refractivity (Wildman–Crippen MR) is 85.6 cm³/mol. The number of benzene rings is 2. The van der Waals surface area contributed by atoms with Crippen LogP contribution in [0.1, 0.15) is 12.5 Å². The molecule has 0 amide bonds. The Hall–Kier alpha value is -2.89. The van der Waals surface area contributed by atoms with E-state index in [0.29, 0.717) is 5.69 Å². The molecule has 21 heavy (non-hydrogen) atoms. The van der Waals surface area contributed by atoms with Crippen molar-refractivity contribution in [3.63, 3.8) is 0 Å². The van der Waals surface area contributed by atoms with Crippen LogP contribution in [0.3, 0.4) is 0 Å². The van der Waals surface area contributed by atoms with Crippen molar-refractivity contribution in [3.05, 3.63) is 51.8 Å². The normalized spacial score (nSPS) is 10.6. The van der Waals surface area contributed by atoms with Gasteiger partial charge < -0.3 is 5.32 Å². The summed E-state index contributed by atoms with van der Waals surface area (Å²) in [5.41, 5.74) is 3.47. The molecule has 0 fully saturated rings. The maximum absolute atomic E-state index is 10.9. The molecule has 0 aliphatic rings. The molecule has 6 heteroatoms. The van der Waals surface area contributed by atoms with Crippen LogP contribution in [0.4, 0.5) is 28.4 Å². The Balaban J connectivity index is 2.36. The molecule has 0 heterocycles. The average Bonchev–Trinajstić information content (AvgIpc) is 2.51. The van der Waals surface area contributed by atoms with Gasteiger partial charge in [0.25, 0.3) is 0 Å². The molecule has 0 aromatic heterocycles. The van der Waals surface area contributed by atoms with Crippen LogP contribution in [-0.2, 0) is 0 Å². The van der Waals surface area contributed by atoms with Gasteiger partial charge in [-0.1, -0.05) is 6.07 Å². The molecular formula is C15H14N4O2. The molecule has 0 spiro atoms. The second-order valence-electron chi connectivity index (χ2n) is 4.40. The van der Waals surface area contributed by atoms with Crippen molar-refractivity contribution >= 4 is 34.7 Å². The van der Waals surface area contributed by atoms with E-state index in [1.54, 1.807) is 12.3 Å². The van der Waals surface area contributed by atoms with Crippen molar-refractivity contribution in [1.82, 2.24) is 0 Å². The first-order valence-electron chi connectivity index (χ1n) is 6.35. The smallest absolute Gasteiger partial charge is 0.133 e. The van der Waals surface area contributed by atoms with Crippen LogP contribution >= 0.6 is 0 Å². The summed E-state index contributed by atoms with van der Waals surface area (Å²) in [7, 11) is 0. The highest BCUT2D eigenvalue weighted by atomic mass is 16.3. The highest BCUT2D eigenvalue weighted by molar-refractivity contribution is 5.76. The van der Waals surface area contributed by atoms with E-state index in [1.165, 1.54) is 12.1 Å². The molecule has 0 aliphatic heterocycles. The van der Waals surface area contributed by atoms with E-state index in [9.17, 15) is 9.81 Å². The molecular weight excluding hydrogens is 268 g/mol. The van der Waals surface area contributed by atoms with Gasteiger partial charge in [-0.15, -0.1) is 9.81 Å². The monoisotopic (exact) mass is 282 g/mol. The first kappa shape index (κ1) is 14.5. The standard InChI is InChI=1S/C15H14N4O2/c1-3-16-14-8-11(5-4-10(14)2)17-13-7-6-12(18-20)9-15(13)19-21/h3-9,17H,1-2H3/b16-3-. The maximum Gasteiger partial charge on any atom is 0.133 e. The second kappa shape index (κ2) is 6.51. The number of nitrogens with one attached hydrogen (secondary N) is 1. The Kier molecular flexibility index (Phi) is 4.50. The van der Waals surface area contributed by atoms with Crippen LogP contribution in [0.25, 0.3) is 0 Å². The summed E-state index contributed by atoms with van der Waals surface area (Å²) in [4.78, 5) is 25.6. The molecule has 2 aromatic carbocycles. The third-order valence-electron chi connectivity index (χ3n) is 2.94. The molecule has 0 bridgehead atoms. The van der Waals surface area contributed by atoms with E-state index in [1.807, 2.05) is 32.0 Å². The Bertz CT molecular complexity index is 711. The molecule has 0 aliphatic carbocycles. The van der Waals surface area contributed by atoms with Gasteiger partial charge in [0.2, 0.25) is 0 Å². The number of nitrogens with zero attached hydrogens (tertiary/aromatic N) is 3. The van der Waals surface area contributed by atoms with Crippen LogP contribution in [0.5, 0.6) is 0 Å². The topological polar surface area (TPSA) is 83.2 Å². The maximum atomic E-state index is 10.9. The summed E-state index contributed by atoms with van der Waals surface area (Å²) in [5.74, 6) is 0. The molecule has 0 atom stereocenters. The number of anilines is 2. The Labute approximate surface area is 121 Å².